The third-order valence-electron chi connectivity index (χ3n) is 3.57. The highest BCUT2D eigenvalue weighted by Gasteiger charge is 2.18. The van der Waals surface area contributed by atoms with Crippen molar-refractivity contribution in [3.8, 4) is 0 Å². The summed E-state index contributed by atoms with van der Waals surface area (Å²) in [6.45, 7) is 11.9. The van der Waals surface area contributed by atoms with Crippen molar-refractivity contribution in [1.29, 1.82) is 0 Å². The summed E-state index contributed by atoms with van der Waals surface area (Å²) in [7, 11) is 0. The number of benzene rings is 1. The summed E-state index contributed by atoms with van der Waals surface area (Å²) in [5.41, 5.74) is 2.36. The minimum atomic E-state index is -0.424. The molecule has 0 radical (unpaired) electrons. The van der Waals surface area contributed by atoms with E-state index in [1.54, 1.807) is 0 Å². The third-order valence-corrected chi connectivity index (χ3v) is 3.57. The number of rotatable bonds is 8. The Bertz CT molecular complexity index is 370. The van der Waals surface area contributed by atoms with Gasteiger partial charge in [0.1, 0.15) is 0 Å². The first-order chi connectivity index (χ1) is 9.43. The van der Waals surface area contributed by atoms with Crippen LogP contribution >= 0.6 is 0 Å². The van der Waals surface area contributed by atoms with Gasteiger partial charge in [0.25, 0.3) is 0 Å². The molecule has 1 rings (SSSR count). The molecule has 0 heterocycles. The van der Waals surface area contributed by atoms with Gasteiger partial charge in [0, 0.05) is 6.04 Å². The summed E-state index contributed by atoms with van der Waals surface area (Å²) < 4.78 is 0. The monoisotopic (exact) mass is 277 g/mol. The second-order valence-corrected chi connectivity index (χ2v) is 6.60. The van der Waals surface area contributed by atoms with Crippen LogP contribution in [0.3, 0.4) is 0 Å². The van der Waals surface area contributed by atoms with E-state index in [0.29, 0.717) is 11.8 Å². The van der Waals surface area contributed by atoms with E-state index in [4.69, 9.17) is 0 Å². The third kappa shape index (κ3) is 5.64. The zero-order valence-electron chi connectivity index (χ0n) is 13.7. The van der Waals surface area contributed by atoms with Gasteiger partial charge in [0.15, 0.2) is 0 Å². The second kappa shape index (κ2) is 8.43. The zero-order valence-corrected chi connectivity index (χ0v) is 13.7. The second-order valence-electron chi connectivity index (χ2n) is 6.60. The van der Waals surface area contributed by atoms with Crippen LogP contribution in [0.25, 0.3) is 0 Å². The van der Waals surface area contributed by atoms with Crippen molar-refractivity contribution in [2.45, 2.75) is 59.6 Å². The number of aliphatic hydroxyl groups is 1. The largest absolute Gasteiger partial charge is 0.387 e. The molecule has 2 N–H and O–H groups in total. The van der Waals surface area contributed by atoms with Gasteiger partial charge in [-0.15, -0.1) is 0 Å². The summed E-state index contributed by atoms with van der Waals surface area (Å²) in [4.78, 5) is 0. The highest BCUT2D eigenvalue weighted by atomic mass is 16.3. The van der Waals surface area contributed by atoms with Crippen molar-refractivity contribution in [1.82, 2.24) is 5.32 Å². The van der Waals surface area contributed by atoms with E-state index in [-0.39, 0.29) is 6.04 Å². The molecule has 2 heteroatoms. The van der Waals surface area contributed by atoms with Crippen molar-refractivity contribution in [2.75, 3.05) is 6.54 Å². The van der Waals surface area contributed by atoms with E-state index < -0.39 is 6.10 Å². The van der Waals surface area contributed by atoms with Crippen LogP contribution in [-0.2, 0) is 6.42 Å². The Labute approximate surface area is 124 Å². The van der Waals surface area contributed by atoms with E-state index in [1.165, 1.54) is 5.56 Å². The minimum Gasteiger partial charge on any atom is -0.387 e. The number of aliphatic hydroxyl groups excluding tert-OH is 1. The Balaban J connectivity index is 2.66. The van der Waals surface area contributed by atoms with Crippen LogP contribution in [0.1, 0.15) is 58.3 Å². The van der Waals surface area contributed by atoms with Gasteiger partial charge in [-0.1, -0.05) is 58.9 Å². The van der Waals surface area contributed by atoms with Gasteiger partial charge in [-0.2, -0.15) is 0 Å². The molecule has 0 bridgehead atoms. The molecule has 2 atom stereocenters. The number of hydrogen-bond acceptors (Lipinski definition) is 2. The molecule has 0 spiro atoms. The van der Waals surface area contributed by atoms with Crippen molar-refractivity contribution < 1.29 is 5.11 Å². The highest BCUT2D eigenvalue weighted by molar-refractivity contribution is 5.25. The lowest BCUT2D eigenvalue weighted by molar-refractivity contribution is 0.124. The molecule has 20 heavy (non-hydrogen) atoms. The molecule has 114 valence electrons. The lowest BCUT2D eigenvalue weighted by atomic mass is 9.96. The fourth-order valence-electron chi connectivity index (χ4n) is 2.42. The molecular formula is C18H31NO. The smallest absolute Gasteiger partial charge is 0.0942 e. The number of nitrogens with one attached hydrogen (secondary N) is 1. The summed E-state index contributed by atoms with van der Waals surface area (Å²) >= 11 is 0. The fraction of sp³-hybridized carbons (Fsp3) is 0.667. The quantitative estimate of drug-likeness (QED) is 0.754. The molecule has 0 amide bonds. The molecule has 0 saturated carbocycles. The standard InChI is InChI=1S/C18H31NO/c1-6-17(19-12-14(4)5)18(20)16-9-7-15(8-10-16)11-13(2)3/h7-10,13-14,17-20H,6,11-12H2,1-5H3. The molecule has 0 aromatic heterocycles. The van der Waals surface area contributed by atoms with Crippen molar-refractivity contribution in [3.05, 3.63) is 35.4 Å². The first kappa shape index (κ1) is 17.2. The Hall–Kier alpha value is -0.860. The molecule has 0 saturated heterocycles. The normalized spacial score (nSPS) is 14.8. The lowest BCUT2D eigenvalue weighted by Crippen LogP contribution is -2.36. The van der Waals surface area contributed by atoms with Gasteiger partial charge in [-0.25, -0.2) is 0 Å². The first-order valence-corrected chi connectivity index (χ1v) is 7.94. The lowest BCUT2D eigenvalue weighted by Gasteiger charge is -2.24. The number of hydrogen-bond donors (Lipinski definition) is 2. The predicted molar refractivity (Wildman–Crippen MR) is 86.9 cm³/mol. The van der Waals surface area contributed by atoms with E-state index in [9.17, 15) is 5.11 Å². The maximum absolute atomic E-state index is 10.5. The Kier molecular flexibility index (Phi) is 7.25. The maximum Gasteiger partial charge on any atom is 0.0942 e. The van der Waals surface area contributed by atoms with E-state index in [2.05, 4.69) is 64.2 Å². The van der Waals surface area contributed by atoms with Crippen LogP contribution in [0.5, 0.6) is 0 Å². The fourth-order valence-corrected chi connectivity index (χ4v) is 2.42. The van der Waals surface area contributed by atoms with Gasteiger partial charge in [0.05, 0.1) is 6.10 Å². The SMILES string of the molecule is CCC(NCC(C)C)C(O)c1ccc(CC(C)C)cc1. The van der Waals surface area contributed by atoms with Crippen molar-refractivity contribution in [3.63, 3.8) is 0 Å². The summed E-state index contributed by atoms with van der Waals surface area (Å²) in [5.74, 6) is 1.27. The van der Waals surface area contributed by atoms with Crippen molar-refractivity contribution in [2.24, 2.45) is 11.8 Å². The maximum atomic E-state index is 10.5. The Morgan fingerprint density at radius 3 is 2.05 bits per heavy atom. The van der Waals surface area contributed by atoms with E-state index >= 15 is 0 Å². The summed E-state index contributed by atoms with van der Waals surface area (Å²) in [6, 6.07) is 8.57. The minimum absolute atomic E-state index is 0.133. The highest BCUT2D eigenvalue weighted by Crippen LogP contribution is 2.20. The van der Waals surface area contributed by atoms with Crippen LogP contribution < -0.4 is 5.32 Å². The van der Waals surface area contributed by atoms with Crippen LogP contribution in [-0.4, -0.2) is 17.7 Å². The average Bonchev–Trinajstić information content (AvgIpc) is 2.39. The van der Waals surface area contributed by atoms with Gasteiger partial charge in [-0.05, 0) is 42.3 Å². The predicted octanol–water partition coefficient (Wildman–Crippen LogP) is 3.94. The Morgan fingerprint density at radius 2 is 1.60 bits per heavy atom. The zero-order chi connectivity index (χ0) is 15.1. The molecule has 2 unspecified atom stereocenters. The van der Waals surface area contributed by atoms with E-state index in [1.807, 2.05) is 0 Å². The molecule has 2 nitrogen and oxygen atoms in total. The molecule has 0 aliphatic carbocycles. The topological polar surface area (TPSA) is 32.3 Å². The van der Waals surface area contributed by atoms with Crippen LogP contribution in [0.15, 0.2) is 24.3 Å². The van der Waals surface area contributed by atoms with Gasteiger partial charge >= 0.3 is 0 Å². The van der Waals surface area contributed by atoms with Gasteiger partial charge in [-0.3, -0.25) is 0 Å². The van der Waals surface area contributed by atoms with Gasteiger partial charge < -0.3 is 10.4 Å². The van der Waals surface area contributed by atoms with Gasteiger partial charge in [0.2, 0.25) is 0 Å². The summed E-state index contributed by atoms with van der Waals surface area (Å²) in [5, 5.41) is 14.0. The molecule has 0 aliphatic rings. The van der Waals surface area contributed by atoms with Crippen LogP contribution in [0.4, 0.5) is 0 Å². The first-order valence-electron chi connectivity index (χ1n) is 7.94. The van der Waals surface area contributed by atoms with Crippen molar-refractivity contribution >= 4 is 0 Å². The Morgan fingerprint density at radius 1 is 1.00 bits per heavy atom. The molecule has 1 aromatic rings. The molecular weight excluding hydrogens is 246 g/mol. The molecule has 1 aromatic carbocycles. The van der Waals surface area contributed by atoms with E-state index in [0.717, 1.165) is 24.9 Å². The van der Waals surface area contributed by atoms with Crippen LogP contribution in [0, 0.1) is 11.8 Å². The average molecular weight is 277 g/mol. The summed E-state index contributed by atoms with van der Waals surface area (Å²) in [6.07, 6.45) is 1.60. The molecule has 0 aliphatic heterocycles. The van der Waals surface area contributed by atoms with Crippen LogP contribution in [0.2, 0.25) is 0 Å². The molecule has 0 fully saturated rings.